The summed E-state index contributed by atoms with van der Waals surface area (Å²) in [5.74, 6) is -4.28. The summed E-state index contributed by atoms with van der Waals surface area (Å²) in [5.41, 5.74) is 1.29. The molecule has 3 rings (SSSR count). The molecule has 0 N–H and O–H groups in total. The number of likely N-dealkylation sites (tertiary alicyclic amines) is 1. The number of esters is 1. The number of halogens is 3. The average molecular weight is 363 g/mol. The minimum absolute atomic E-state index is 0.263. The van der Waals surface area contributed by atoms with Crippen molar-refractivity contribution in [2.45, 2.75) is 38.4 Å². The van der Waals surface area contributed by atoms with Crippen molar-refractivity contribution in [1.29, 1.82) is 0 Å². The van der Waals surface area contributed by atoms with Crippen LogP contribution < -0.4 is 0 Å². The van der Waals surface area contributed by atoms with Gasteiger partial charge in [0, 0.05) is 12.6 Å². The van der Waals surface area contributed by atoms with Crippen molar-refractivity contribution in [3.8, 4) is 0 Å². The molecule has 1 aliphatic rings. The van der Waals surface area contributed by atoms with Crippen molar-refractivity contribution in [2.24, 2.45) is 0 Å². The van der Waals surface area contributed by atoms with E-state index in [1.54, 1.807) is 6.92 Å². The highest BCUT2D eigenvalue weighted by Crippen LogP contribution is 2.38. The summed E-state index contributed by atoms with van der Waals surface area (Å²) in [6, 6.07) is 10.6. The van der Waals surface area contributed by atoms with E-state index < -0.39 is 29.5 Å². The van der Waals surface area contributed by atoms with Gasteiger partial charge in [0.2, 0.25) is 0 Å². The molecule has 138 valence electrons. The first-order valence-corrected chi connectivity index (χ1v) is 8.62. The zero-order chi connectivity index (χ0) is 18.7. The summed E-state index contributed by atoms with van der Waals surface area (Å²) in [5, 5.41) is 0. The van der Waals surface area contributed by atoms with E-state index in [-0.39, 0.29) is 12.6 Å². The van der Waals surface area contributed by atoms with Crippen LogP contribution in [0.3, 0.4) is 0 Å². The highest BCUT2D eigenvalue weighted by Gasteiger charge is 2.39. The largest absolute Gasteiger partial charge is 0.465 e. The smallest absolute Gasteiger partial charge is 0.323 e. The van der Waals surface area contributed by atoms with E-state index in [0.717, 1.165) is 17.7 Å². The van der Waals surface area contributed by atoms with Crippen LogP contribution in [0.1, 0.15) is 36.9 Å². The predicted molar refractivity (Wildman–Crippen MR) is 90.7 cm³/mol. The molecule has 2 aromatic rings. The second-order valence-corrected chi connectivity index (χ2v) is 6.32. The third kappa shape index (κ3) is 3.75. The maximum Gasteiger partial charge on any atom is 0.323 e. The summed E-state index contributed by atoms with van der Waals surface area (Å²) in [7, 11) is 0. The number of benzene rings is 2. The molecule has 2 aromatic carbocycles. The summed E-state index contributed by atoms with van der Waals surface area (Å²) >= 11 is 0. The number of nitrogens with zero attached hydrogens (tertiary/aromatic N) is 1. The lowest BCUT2D eigenvalue weighted by atomic mass is 10.0. The molecule has 0 aromatic heterocycles. The van der Waals surface area contributed by atoms with E-state index in [4.69, 9.17) is 4.74 Å². The van der Waals surface area contributed by atoms with Gasteiger partial charge in [0.05, 0.1) is 6.61 Å². The topological polar surface area (TPSA) is 29.5 Å². The Morgan fingerprint density at radius 3 is 2.38 bits per heavy atom. The molecule has 2 atom stereocenters. The van der Waals surface area contributed by atoms with Gasteiger partial charge in [-0.05, 0) is 43.0 Å². The number of rotatable bonds is 5. The van der Waals surface area contributed by atoms with Gasteiger partial charge >= 0.3 is 5.97 Å². The molecule has 0 saturated carbocycles. The van der Waals surface area contributed by atoms with E-state index in [1.165, 1.54) is 0 Å². The molecule has 6 heteroatoms. The van der Waals surface area contributed by atoms with Crippen molar-refractivity contribution >= 4 is 5.97 Å². The van der Waals surface area contributed by atoms with Crippen LogP contribution >= 0.6 is 0 Å². The third-order valence-corrected chi connectivity index (χ3v) is 4.67. The molecule has 0 spiro atoms. The normalized spacial score (nSPS) is 20.3. The Morgan fingerprint density at radius 1 is 1.12 bits per heavy atom. The Labute approximate surface area is 150 Å². The first-order chi connectivity index (χ1) is 12.5. The Bertz CT molecular complexity index is 759. The fourth-order valence-electron chi connectivity index (χ4n) is 3.50. The van der Waals surface area contributed by atoms with Gasteiger partial charge in [0.25, 0.3) is 0 Å². The van der Waals surface area contributed by atoms with Gasteiger partial charge in [0.15, 0.2) is 17.5 Å². The van der Waals surface area contributed by atoms with Crippen LogP contribution in [-0.4, -0.2) is 23.5 Å². The van der Waals surface area contributed by atoms with Crippen molar-refractivity contribution in [3.05, 3.63) is 71.0 Å². The van der Waals surface area contributed by atoms with Gasteiger partial charge < -0.3 is 4.74 Å². The second-order valence-electron chi connectivity index (χ2n) is 6.32. The maximum absolute atomic E-state index is 13.7. The molecule has 1 aliphatic heterocycles. The van der Waals surface area contributed by atoms with E-state index in [0.29, 0.717) is 24.9 Å². The molecule has 0 aliphatic carbocycles. The number of carbonyl (C=O) groups is 1. The van der Waals surface area contributed by atoms with Gasteiger partial charge in [-0.1, -0.05) is 30.3 Å². The highest BCUT2D eigenvalue weighted by atomic mass is 19.2. The Morgan fingerprint density at radius 2 is 1.77 bits per heavy atom. The summed E-state index contributed by atoms with van der Waals surface area (Å²) < 4.78 is 45.9. The second kappa shape index (κ2) is 7.91. The molecular weight excluding hydrogens is 343 g/mol. The van der Waals surface area contributed by atoms with Gasteiger partial charge in [-0.3, -0.25) is 9.69 Å². The van der Waals surface area contributed by atoms with Crippen molar-refractivity contribution in [1.82, 2.24) is 4.90 Å². The molecule has 0 bridgehead atoms. The molecule has 3 nitrogen and oxygen atoms in total. The van der Waals surface area contributed by atoms with Crippen LogP contribution in [0.4, 0.5) is 13.2 Å². The van der Waals surface area contributed by atoms with Crippen LogP contribution in [-0.2, 0) is 16.1 Å². The van der Waals surface area contributed by atoms with Crippen LogP contribution in [0.5, 0.6) is 0 Å². The Hall–Kier alpha value is -2.34. The Balaban J connectivity index is 1.93. The summed E-state index contributed by atoms with van der Waals surface area (Å²) in [6.07, 6.45) is 1.04. The standard InChI is InChI=1S/C20H20F3NO2/c1-2-26-20(25)18-9-8-17(14-10-15(21)19(23)16(22)11-14)24(18)12-13-6-4-3-5-7-13/h3-7,10-11,17-18H,2,8-9,12H2,1H3/t17-,18?/m0/s1. The van der Waals surface area contributed by atoms with Gasteiger partial charge in [-0.2, -0.15) is 0 Å². The predicted octanol–water partition coefficient (Wildman–Crippen LogP) is 4.37. The minimum Gasteiger partial charge on any atom is -0.465 e. The van der Waals surface area contributed by atoms with Crippen molar-refractivity contribution in [3.63, 3.8) is 0 Å². The SMILES string of the molecule is CCOC(=O)C1CC[C@@H](c2cc(F)c(F)c(F)c2)N1Cc1ccccc1. The molecule has 0 radical (unpaired) electrons. The molecule has 1 fully saturated rings. The number of hydrogen-bond donors (Lipinski definition) is 0. The first kappa shape index (κ1) is 18.5. The van der Waals surface area contributed by atoms with E-state index in [1.807, 2.05) is 35.2 Å². The van der Waals surface area contributed by atoms with Gasteiger partial charge in [0.1, 0.15) is 6.04 Å². The molecule has 26 heavy (non-hydrogen) atoms. The van der Waals surface area contributed by atoms with Crippen molar-refractivity contribution in [2.75, 3.05) is 6.61 Å². The van der Waals surface area contributed by atoms with E-state index in [9.17, 15) is 18.0 Å². The summed E-state index contributed by atoms with van der Waals surface area (Å²) in [6.45, 7) is 2.42. The average Bonchev–Trinajstić information content (AvgIpc) is 3.04. The lowest BCUT2D eigenvalue weighted by Crippen LogP contribution is -2.38. The molecule has 1 heterocycles. The Kier molecular flexibility index (Phi) is 5.61. The third-order valence-electron chi connectivity index (χ3n) is 4.67. The molecular formula is C20H20F3NO2. The van der Waals surface area contributed by atoms with Crippen LogP contribution in [0, 0.1) is 17.5 Å². The zero-order valence-electron chi connectivity index (χ0n) is 14.4. The maximum atomic E-state index is 13.7. The minimum atomic E-state index is -1.48. The first-order valence-electron chi connectivity index (χ1n) is 8.62. The van der Waals surface area contributed by atoms with E-state index >= 15 is 0 Å². The molecule has 1 saturated heterocycles. The van der Waals surface area contributed by atoms with E-state index in [2.05, 4.69) is 0 Å². The highest BCUT2D eigenvalue weighted by molar-refractivity contribution is 5.76. The van der Waals surface area contributed by atoms with Gasteiger partial charge in [-0.15, -0.1) is 0 Å². The van der Waals surface area contributed by atoms with Crippen LogP contribution in [0.15, 0.2) is 42.5 Å². The van der Waals surface area contributed by atoms with Crippen molar-refractivity contribution < 1.29 is 22.7 Å². The number of carbonyl (C=O) groups excluding carboxylic acids is 1. The lowest BCUT2D eigenvalue weighted by Gasteiger charge is -2.29. The van der Waals surface area contributed by atoms with Crippen LogP contribution in [0.25, 0.3) is 0 Å². The monoisotopic (exact) mass is 363 g/mol. The fraction of sp³-hybridized carbons (Fsp3) is 0.350. The van der Waals surface area contributed by atoms with Gasteiger partial charge in [-0.25, -0.2) is 13.2 Å². The van der Waals surface area contributed by atoms with Crippen LogP contribution in [0.2, 0.25) is 0 Å². The quantitative estimate of drug-likeness (QED) is 0.583. The molecule has 0 amide bonds. The number of ether oxygens (including phenoxy) is 1. The number of hydrogen-bond acceptors (Lipinski definition) is 3. The lowest BCUT2D eigenvalue weighted by molar-refractivity contribution is -0.149. The molecule has 1 unspecified atom stereocenters. The fourth-order valence-corrected chi connectivity index (χ4v) is 3.50. The summed E-state index contributed by atoms with van der Waals surface area (Å²) in [4.78, 5) is 14.2. The zero-order valence-corrected chi connectivity index (χ0v) is 14.4.